The van der Waals surface area contributed by atoms with E-state index in [4.69, 9.17) is 9.47 Å². The van der Waals surface area contributed by atoms with Crippen molar-refractivity contribution >= 4 is 21.7 Å². The maximum Gasteiger partial charge on any atom is 0.124 e. The SMILES string of the molecule is COc1ccc(O)c(C(c2ccccc2OC)c2[nH]c3c(C)cccc3c2-c2c(O)ccc3ccccc23)c1. The van der Waals surface area contributed by atoms with Crippen LogP contribution in [0.4, 0.5) is 0 Å². The molecule has 5 aromatic carbocycles. The maximum absolute atomic E-state index is 11.4. The molecule has 1 heterocycles. The van der Waals surface area contributed by atoms with E-state index in [1.165, 1.54) is 0 Å². The molecule has 6 rings (SSSR count). The molecule has 1 unspecified atom stereocenters. The van der Waals surface area contributed by atoms with Gasteiger partial charge in [-0.05, 0) is 53.6 Å². The molecule has 1 atom stereocenters. The van der Waals surface area contributed by atoms with Gasteiger partial charge in [-0.15, -0.1) is 0 Å². The monoisotopic (exact) mass is 515 g/mol. The number of ether oxygens (including phenoxy) is 2. The van der Waals surface area contributed by atoms with E-state index in [9.17, 15) is 10.2 Å². The van der Waals surface area contributed by atoms with Gasteiger partial charge in [0.25, 0.3) is 0 Å². The number of aromatic amines is 1. The normalized spacial score (nSPS) is 12.1. The molecule has 0 saturated carbocycles. The molecule has 5 nitrogen and oxygen atoms in total. The average Bonchev–Trinajstić information content (AvgIpc) is 3.34. The zero-order valence-corrected chi connectivity index (χ0v) is 22.0. The molecule has 0 aliphatic carbocycles. The average molecular weight is 516 g/mol. The predicted octanol–water partition coefficient (Wildman–Crippen LogP) is 7.91. The van der Waals surface area contributed by atoms with Gasteiger partial charge in [-0.3, -0.25) is 0 Å². The number of fused-ring (bicyclic) bond motifs is 2. The fraction of sp³-hybridized carbons (Fsp3) is 0.118. The number of hydrogen-bond acceptors (Lipinski definition) is 4. The van der Waals surface area contributed by atoms with Crippen molar-refractivity contribution in [2.24, 2.45) is 0 Å². The van der Waals surface area contributed by atoms with Gasteiger partial charge in [0, 0.05) is 38.9 Å². The highest BCUT2D eigenvalue weighted by atomic mass is 16.5. The van der Waals surface area contributed by atoms with E-state index >= 15 is 0 Å². The molecule has 0 aliphatic rings. The van der Waals surface area contributed by atoms with Gasteiger partial charge in [0.05, 0.1) is 20.1 Å². The molecule has 194 valence electrons. The number of aromatic hydroxyl groups is 2. The van der Waals surface area contributed by atoms with Gasteiger partial charge in [0.1, 0.15) is 23.0 Å². The van der Waals surface area contributed by atoms with Crippen molar-refractivity contribution < 1.29 is 19.7 Å². The third-order valence-electron chi connectivity index (χ3n) is 7.51. The molecule has 3 N–H and O–H groups in total. The van der Waals surface area contributed by atoms with E-state index in [2.05, 4.69) is 24.0 Å². The van der Waals surface area contributed by atoms with Gasteiger partial charge >= 0.3 is 0 Å². The zero-order chi connectivity index (χ0) is 27.1. The summed E-state index contributed by atoms with van der Waals surface area (Å²) in [4.78, 5) is 3.72. The summed E-state index contributed by atoms with van der Waals surface area (Å²) in [5.41, 5.74) is 6.02. The lowest BCUT2D eigenvalue weighted by atomic mass is 9.83. The van der Waals surface area contributed by atoms with Crippen molar-refractivity contribution in [2.75, 3.05) is 14.2 Å². The molecule has 0 spiro atoms. The van der Waals surface area contributed by atoms with Crippen molar-refractivity contribution in [3.05, 3.63) is 119 Å². The number of rotatable bonds is 6. The number of nitrogens with one attached hydrogen (secondary N) is 1. The van der Waals surface area contributed by atoms with E-state index in [0.717, 1.165) is 49.6 Å². The molecule has 5 heteroatoms. The minimum atomic E-state index is -0.476. The van der Waals surface area contributed by atoms with Crippen LogP contribution in [-0.2, 0) is 0 Å². The van der Waals surface area contributed by atoms with Crippen LogP contribution in [0.25, 0.3) is 32.8 Å². The Kier molecular flexibility index (Phi) is 6.12. The molecule has 0 amide bonds. The largest absolute Gasteiger partial charge is 0.508 e. The van der Waals surface area contributed by atoms with Gasteiger partial charge in [0.15, 0.2) is 0 Å². The summed E-state index contributed by atoms with van der Waals surface area (Å²) in [5, 5.41) is 25.6. The Labute approximate surface area is 226 Å². The van der Waals surface area contributed by atoms with Crippen molar-refractivity contribution in [3.63, 3.8) is 0 Å². The summed E-state index contributed by atoms with van der Waals surface area (Å²) >= 11 is 0. The Morgan fingerprint density at radius 1 is 0.667 bits per heavy atom. The molecule has 39 heavy (non-hydrogen) atoms. The second-order valence-electron chi connectivity index (χ2n) is 9.69. The summed E-state index contributed by atoms with van der Waals surface area (Å²) in [6, 6.07) is 31.0. The summed E-state index contributed by atoms with van der Waals surface area (Å²) < 4.78 is 11.4. The van der Waals surface area contributed by atoms with Crippen LogP contribution in [0, 0.1) is 6.92 Å². The van der Waals surface area contributed by atoms with Crippen LogP contribution < -0.4 is 9.47 Å². The van der Waals surface area contributed by atoms with E-state index in [1.54, 1.807) is 32.4 Å². The van der Waals surface area contributed by atoms with Crippen LogP contribution in [0.3, 0.4) is 0 Å². The molecule has 0 saturated heterocycles. The number of H-pyrrole nitrogens is 1. The van der Waals surface area contributed by atoms with Crippen LogP contribution >= 0.6 is 0 Å². The lowest BCUT2D eigenvalue weighted by Crippen LogP contribution is -2.08. The van der Waals surface area contributed by atoms with E-state index in [-0.39, 0.29) is 11.5 Å². The lowest BCUT2D eigenvalue weighted by Gasteiger charge is -2.23. The first-order valence-electron chi connectivity index (χ1n) is 12.8. The van der Waals surface area contributed by atoms with E-state index in [1.807, 2.05) is 66.7 Å². The molecular formula is C34H29NO4. The van der Waals surface area contributed by atoms with Crippen molar-refractivity contribution in [1.29, 1.82) is 0 Å². The number of aromatic nitrogens is 1. The van der Waals surface area contributed by atoms with Crippen LogP contribution in [0.2, 0.25) is 0 Å². The topological polar surface area (TPSA) is 74.7 Å². The first kappa shape index (κ1) is 24.4. The van der Waals surface area contributed by atoms with Crippen LogP contribution in [-0.4, -0.2) is 29.4 Å². The second kappa shape index (κ2) is 9.76. The van der Waals surface area contributed by atoms with Gasteiger partial charge in [-0.1, -0.05) is 66.7 Å². The van der Waals surface area contributed by atoms with Gasteiger partial charge in [-0.2, -0.15) is 0 Å². The number of phenolic OH excluding ortho intramolecular Hbond substituents is 2. The minimum absolute atomic E-state index is 0.134. The fourth-order valence-electron chi connectivity index (χ4n) is 5.67. The molecule has 0 fully saturated rings. The third kappa shape index (κ3) is 4.03. The quantitative estimate of drug-likeness (QED) is 0.211. The Hall–Kier alpha value is -4.90. The predicted molar refractivity (Wildman–Crippen MR) is 156 cm³/mol. The number of phenols is 2. The molecule has 0 radical (unpaired) electrons. The number of benzene rings is 5. The Morgan fingerprint density at radius 2 is 1.41 bits per heavy atom. The van der Waals surface area contributed by atoms with Crippen LogP contribution in [0.15, 0.2) is 97.1 Å². The van der Waals surface area contributed by atoms with Gasteiger partial charge in [0.2, 0.25) is 0 Å². The Balaban J connectivity index is 1.79. The van der Waals surface area contributed by atoms with E-state index < -0.39 is 5.92 Å². The molecular weight excluding hydrogens is 486 g/mol. The van der Waals surface area contributed by atoms with Crippen LogP contribution in [0.1, 0.15) is 28.3 Å². The maximum atomic E-state index is 11.4. The fourth-order valence-corrected chi connectivity index (χ4v) is 5.67. The van der Waals surface area contributed by atoms with Crippen molar-refractivity contribution in [2.45, 2.75) is 12.8 Å². The highest BCUT2D eigenvalue weighted by Gasteiger charge is 2.31. The first-order chi connectivity index (χ1) is 19.0. The minimum Gasteiger partial charge on any atom is -0.508 e. The molecule has 6 aromatic rings. The van der Waals surface area contributed by atoms with Gasteiger partial charge < -0.3 is 24.7 Å². The zero-order valence-electron chi connectivity index (χ0n) is 22.0. The smallest absolute Gasteiger partial charge is 0.124 e. The summed E-state index contributed by atoms with van der Waals surface area (Å²) in [5.74, 6) is 1.16. The molecule has 1 aromatic heterocycles. The highest BCUT2D eigenvalue weighted by Crippen LogP contribution is 2.50. The van der Waals surface area contributed by atoms with Gasteiger partial charge in [-0.25, -0.2) is 0 Å². The Bertz CT molecular complexity index is 1840. The van der Waals surface area contributed by atoms with Crippen LogP contribution in [0.5, 0.6) is 23.0 Å². The molecule has 0 aliphatic heterocycles. The number of methoxy groups -OCH3 is 2. The summed E-state index contributed by atoms with van der Waals surface area (Å²) in [6.45, 7) is 2.07. The summed E-state index contributed by atoms with van der Waals surface area (Å²) in [6.07, 6.45) is 0. The Morgan fingerprint density at radius 3 is 2.23 bits per heavy atom. The highest BCUT2D eigenvalue weighted by molar-refractivity contribution is 6.09. The lowest BCUT2D eigenvalue weighted by molar-refractivity contribution is 0.405. The number of para-hydroxylation sites is 2. The first-order valence-corrected chi connectivity index (χ1v) is 12.8. The second-order valence-corrected chi connectivity index (χ2v) is 9.69. The van der Waals surface area contributed by atoms with Crippen molar-refractivity contribution in [3.8, 4) is 34.1 Å². The third-order valence-corrected chi connectivity index (χ3v) is 7.51. The summed E-state index contributed by atoms with van der Waals surface area (Å²) in [7, 11) is 3.26. The van der Waals surface area contributed by atoms with E-state index in [0.29, 0.717) is 17.1 Å². The van der Waals surface area contributed by atoms with Crippen molar-refractivity contribution in [1.82, 2.24) is 4.98 Å². The number of aryl methyl sites for hydroxylation is 1. The standard InChI is InChI=1S/C34H29NO4/c1-20-9-8-13-25-32(31-23-11-5-4-10-21(23)15-17-28(31)37)34(35-33(20)25)30(24-12-6-7-14-29(24)39-3)26-19-22(38-2)16-18-27(26)36/h4-19,30,35-37H,1-3H3. The number of hydrogen-bond donors (Lipinski definition) is 3. The molecule has 0 bridgehead atoms.